The van der Waals surface area contributed by atoms with Crippen LogP contribution in [-0.2, 0) is 0 Å². The maximum Gasteiger partial charge on any atom is 0.185 e. The van der Waals surface area contributed by atoms with Crippen molar-refractivity contribution in [1.82, 2.24) is 0 Å². The smallest absolute Gasteiger partial charge is 0.185 e. The van der Waals surface area contributed by atoms with Gasteiger partial charge in [-0.1, -0.05) is 39.7 Å². The Kier molecular flexibility index (Phi) is 5.39. The standard InChI is InChI=1S/C18H17BrO3/c1-12-5-4-6-14(9-12)16(20)8-7-13-10-17(21-2)18(22-3)11-15(13)19/h4-11H,1-3H3/b8-7+. The van der Waals surface area contributed by atoms with Gasteiger partial charge in [-0.3, -0.25) is 4.79 Å². The lowest BCUT2D eigenvalue weighted by molar-refractivity contribution is 0.104. The molecule has 0 aliphatic carbocycles. The van der Waals surface area contributed by atoms with Gasteiger partial charge in [0, 0.05) is 10.0 Å². The number of ether oxygens (including phenoxy) is 2. The second-order valence-electron chi connectivity index (χ2n) is 4.80. The van der Waals surface area contributed by atoms with E-state index < -0.39 is 0 Å². The maximum atomic E-state index is 12.2. The van der Waals surface area contributed by atoms with Crippen molar-refractivity contribution in [3.63, 3.8) is 0 Å². The Bertz CT molecular complexity index is 720. The average Bonchev–Trinajstić information content (AvgIpc) is 2.53. The number of methoxy groups -OCH3 is 2. The van der Waals surface area contributed by atoms with E-state index in [4.69, 9.17) is 9.47 Å². The summed E-state index contributed by atoms with van der Waals surface area (Å²) in [7, 11) is 3.16. The van der Waals surface area contributed by atoms with Crippen molar-refractivity contribution in [2.24, 2.45) is 0 Å². The molecule has 0 aromatic heterocycles. The zero-order valence-electron chi connectivity index (χ0n) is 12.7. The minimum atomic E-state index is -0.0367. The van der Waals surface area contributed by atoms with Crippen molar-refractivity contribution in [3.8, 4) is 11.5 Å². The first-order valence-corrected chi connectivity index (χ1v) is 7.55. The molecule has 0 aliphatic heterocycles. The van der Waals surface area contributed by atoms with Crippen molar-refractivity contribution in [1.29, 1.82) is 0 Å². The van der Waals surface area contributed by atoms with Gasteiger partial charge in [-0.25, -0.2) is 0 Å². The van der Waals surface area contributed by atoms with Crippen LogP contribution in [0.4, 0.5) is 0 Å². The van der Waals surface area contributed by atoms with Gasteiger partial charge in [0.05, 0.1) is 14.2 Å². The van der Waals surface area contributed by atoms with E-state index in [1.54, 1.807) is 26.4 Å². The van der Waals surface area contributed by atoms with Crippen LogP contribution in [0, 0.1) is 6.92 Å². The van der Waals surface area contributed by atoms with Gasteiger partial charge in [-0.15, -0.1) is 0 Å². The van der Waals surface area contributed by atoms with Gasteiger partial charge >= 0.3 is 0 Å². The van der Waals surface area contributed by atoms with E-state index in [0.29, 0.717) is 17.1 Å². The second kappa shape index (κ2) is 7.27. The first kappa shape index (κ1) is 16.3. The minimum Gasteiger partial charge on any atom is -0.493 e. The first-order valence-electron chi connectivity index (χ1n) is 6.75. The van der Waals surface area contributed by atoms with Gasteiger partial charge in [-0.05, 0) is 42.8 Å². The SMILES string of the molecule is COc1cc(Br)c(/C=C/C(=O)c2cccc(C)c2)cc1OC. The lowest BCUT2D eigenvalue weighted by Gasteiger charge is -2.09. The highest BCUT2D eigenvalue weighted by molar-refractivity contribution is 9.10. The largest absolute Gasteiger partial charge is 0.493 e. The Morgan fingerprint density at radius 1 is 1.09 bits per heavy atom. The van der Waals surface area contributed by atoms with Gasteiger partial charge in [0.15, 0.2) is 17.3 Å². The summed E-state index contributed by atoms with van der Waals surface area (Å²) >= 11 is 3.47. The van der Waals surface area contributed by atoms with Crippen LogP contribution in [0.15, 0.2) is 46.9 Å². The van der Waals surface area contributed by atoms with E-state index in [1.165, 1.54) is 0 Å². The molecular formula is C18H17BrO3. The van der Waals surface area contributed by atoms with Gasteiger partial charge in [0.25, 0.3) is 0 Å². The molecule has 22 heavy (non-hydrogen) atoms. The predicted molar refractivity (Wildman–Crippen MR) is 91.8 cm³/mol. The number of hydrogen-bond donors (Lipinski definition) is 0. The van der Waals surface area contributed by atoms with Crippen LogP contribution in [0.1, 0.15) is 21.5 Å². The summed E-state index contributed by atoms with van der Waals surface area (Å²) in [5.41, 5.74) is 2.58. The van der Waals surface area contributed by atoms with Crippen molar-refractivity contribution < 1.29 is 14.3 Å². The molecular weight excluding hydrogens is 344 g/mol. The molecule has 0 unspecified atom stereocenters. The Balaban J connectivity index is 2.28. The van der Waals surface area contributed by atoms with Crippen LogP contribution in [0.25, 0.3) is 6.08 Å². The molecule has 0 atom stereocenters. The summed E-state index contributed by atoms with van der Waals surface area (Å²) in [6.07, 6.45) is 3.32. The van der Waals surface area contributed by atoms with Crippen LogP contribution < -0.4 is 9.47 Å². The molecule has 2 aromatic carbocycles. The molecule has 0 fully saturated rings. The summed E-state index contributed by atoms with van der Waals surface area (Å²) in [6, 6.07) is 11.2. The molecule has 0 bridgehead atoms. The van der Waals surface area contributed by atoms with E-state index >= 15 is 0 Å². The predicted octanol–water partition coefficient (Wildman–Crippen LogP) is 4.67. The Morgan fingerprint density at radius 2 is 1.77 bits per heavy atom. The number of allylic oxidation sites excluding steroid dienone is 1. The normalized spacial score (nSPS) is 10.7. The van der Waals surface area contributed by atoms with Crippen LogP contribution in [-0.4, -0.2) is 20.0 Å². The fourth-order valence-electron chi connectivity index (χ4n) is 2.06. The fourth-order valence-corrected chi connectivity index (χ4v) is 2.51. The number of benzene rings is 2. The molecule has 0 spiro atoms. The third-order valence-electron chi connectivity index (χ3n) is 3.22. The third-order valence-corrected chi connectivity index (χ3v) is 3.91. The molecule has 0 N–H and O–H groups in total. The van der Waals surface area contributed by atoms with Crippen molar-refractivity contribution in [2.75, 3.05) is 14.2 Å². The van der Waals surface area contributed by atoms with E-state index in [2.05, 4.69) is 15.9 Å². The molecule has 4 heteroatoms. The highest BCUT2D eigenvalue weighted by Gasteiger charge is 2.08. The molecule has 0 saturated heterocycles. The third kappa shape index (κ3) is 3.77. The number of rotatable bonds is 5. The van der Waals surface area contributed by atoms with E-state index in [1.807, 2.05) is 43.3 Å². The Morgan fingerprint density at radius 3 is 2.41 bits per heavy atom. The number of halogens is 1. The summed E-state index contributed by atoms with van der Waals surface area (Å²) in [4.78, 5) is 12.2. The Hall–Kier alpha value is -2.07. The molecule has 2 rings (SSSR count). The van der Waals surface area contributed by atoms with Crippen molar-refractivity contribution in [3.05, 3.63) is 63.6 Å². The zero-order chi connectivity index (χ0) is 16.1. The van der Waals surface area contributed by atoms with E-state index in [0.717, 1.165) is 15.6 Å². The van der Waals surface area contributed by atoms with E-state index in [9.17, 15) is 4.79 Å². The molecule has 0 radical (unpaired) electrons. The molecule has 0 amide bonds. The zero-order valence-corrected chi connectivity index (χ0v) is 14.3. The highest BCUT2D eigenvalue weighted by atomic mass is 79.9. The number of aryl methyl sites for hydroxylation is 1. The van der Waals surface area contributed by atoms with Crippen LogP contribution in [0.5, 0.6) is 11.5 Å². The first-order chi connectivity index (χ1) is 10.5. The molecule has 2 aromatic rings. The monoisotopic (exact) mass is 360 g/mol. The number of ketones is 1. The Labute approximate surface area is 138 Å². The lowest BCUT2D eigenvalue weighted by Crippen LogP contribution is -1.95. The summed E-state index contributed by atoms with van der Waals surface area (Å²) < 4.78 is 11.3. The quantitative estimate of drug-likeness (QED) is 0.574. The number of carbonyl (C=O) groups is 1. The molecule has 114 valence electrons. The van der Waals surface area contributed by atoms with Crippen LogP contribution in [0.2, 0.25) is 0 Å². The summed E-state index contributed by atoms with van der Waals surface area (Å²) in [6.45, 7) is 1.96. The summed E-state index contributed by atoms with van der Waals surface area (Å²) in [5.74, 6) is 1.22. The molecule has 0 saturated carbocycles. The van der Waals surface area contributed by atoms with Crippen molar-refractivity contribution in [2.45, 2.75) is 6.92 Å². The molecule has 3 nitrogen and oxygen atoms in total. The van der Waals surface area contributed by atoms with Crippen molar-refractivity contribution >= 4 is 27.8 Å². The topological polar surface area (TPSA) is 35.5 Å². The van der Waals surface area contributed by atoms with Crippen LogP contribution in [0.3, 0.4) is 0 Å². The van der Waals surface area contributed by atoms with Gasteiger partial charge in [0.2, 0.25) is 0 Å². The van der Waals surface area contributed by atoms with E-state index in [-0.39, 0.29) is 5.78 Å². The number of hydrogen-bond acceptors (Lipinski definition) is 3. The van der Waals surface area contributed by atoms with Crippen LogP contribution >= 0.6 is 15.9 Å². The lowest BCUT2D eigenvalue weighted by atomic mass is 10.1. The van der Waals surface area contributed by atoms with Gasteiger partial charge in [0.1, 0.15) is 0 Å². The maximum absolute atomic E-state index is 12.2. The highest BCUT2D eigenvalue weighted by Crippen LogP contribution is 2.33. The van der Waals surface area contributed by atoms with Gasteiger partial charge in [-0.2, -0.15) is 0 Å². The second-order valence-corrected chi connectivity index (χ2v) is 5.65. The minimum absolute atomic E-state index is 0.0367. The molecule has 0 aliphatic rings. The summed E-state index contributed by atoms with van der Waals surface area (Å²) in [5, 5.41) is 0. The number of carbonyl (C=O) groups excluding carboxylic acids is 1. The average molecular weight is 361 g/mol. The fraction of sp³-hybridized carbons (Fsp3) is 0.167. The molecule has 0 heterocycles. The van der Waals surface area contributed by atoms with Gasteiger partial charge < -0.3 is 9.47 Å².